The van der Waals surface area contributed by atoms with Crippen molar-refractivity contribution >= 4 is 5.91 Å². The van der Waals surface area contributed by atoms with Crippen LogP contribution in [0.4, 0.5) is 0 Å². The number of amides is 1. The van der Waals surface area contributed by atoms with E-state index in [2.05, 4.69) is 55.6 Å². The molecule has 0 saturated heterocycles. The van der Waals surface area contributed by atoms with E-state index >= 15 is 0 Å². The van der Waals surface area contributed by atoms with E-state index in [-0.39, 0.29) is 17.4 Å². The second kappa shape index (κ2) is 6.58. The van der Waals surface area contributed by atoms with Gasteiger partial charge in [0.1, 0.15) is 0 Å². The highest BCUT2D eigenvalue weighted by Crippen LogP contribution is 2.17. The van der Waals surface area contributed by atoms with Crippen molar-refractivity contribution < 1.29 is 4.79 Å². The summed E-state index contributed by atoms with van der Waals surface area (Å²) >= 11 is 0. The molecular formula is C17H27N3O. The fourth-order valence-electron chi connectivity index (χ4n) is 3.00. The first kappa shape index (κ1) is 16.0. The maximum atomic E-state index is 12.4. The normalized spacial score (nSPS) is 18.4. The first-order valence-electron chi connectivity index (χ1n) is 7.60. The third kappa shape index (κ3) is 4.55. The van der Waals surface area contributed by atoms with Crippen molar-refractivity contribution in [2.24, 2.45) is 5.41 Å². The molecule has 1 unspecified atom stereocenters. The van der Waals surface area contributed by atoms with Crippen molar-refractivity contribution in [1.29, 1.82) is 0 Å². The Hall–Kier alpha value is -1.39. The average Bonchev–Trinajstić information content (AvgIpc) is 2.43. The van der Waals surface area contributed by atoms with Gasteiger partial charge in [0.05, 0.1) is 6.04 Å². The number of hydrogen-bond acceptors (Lipinski definition) is 3. The van der Waals surface area contributed by atoms with Crippen LogP contribution in [0, 0.1) is 5.41 Å². The minimum atomic E-state index is -0.116. The van der Waals surface area contributed by atoms with Crippen molar-refractivity contribution in [1.82, 2.24) is 15.5 Å². The van der Waals surface area contributed by atoms with Crippen molar-refractivity contribution in [2.75, 3.05) is 27.2 Å². The fraction of sp³-hybridized carbons (Fsp3) is 0.588. The molecule has 116 valence electrons. The summed E-state index contributed by atoms with van der Waals surface area (Å²) in [6.07, 6.45) is 0.774. The van der Waals surface area contributed by atoms with E-state index in [0.29, 0.717) is 6.54 Å². The van der Waals surface area contributed by atoms with Gasteiger partial charge in [-0.25, -0.2) is 0 Å². The minimum Gasteiger partial charge on any atom is -0.354 e. The molecule has 1 atom stereocenters. The molecule has 1 amide bonds. The van der Waals surface area contributed by atoms with Gasteiger partial charge < -0.3 is 15.5 Å². The first-order chi connectivity index (χ1) is 9.87. The fourth-order valence-corrected chi connectivity index (χ4v) is 3.00. The van der Waals surface area contributed by atoms with Gasteiger partial charge in [0.15, 0.2) is 0 Å². The Balaban J connectivity index is 1.88. The summed E-state index contributed by atoms with van der Waals surface area (Å²) in [7, 11) is 4.12. The first-order valence-corrected chi connectivity index (χ1v) is 7.60. The SMILES string of the molecule is CN(C)CC(C)(C)CNC(=O)C1Cc2ccccc2CN1. The zero-order chi connectivity index (χ0) is 15.5. The Kier molecular flexibility index (Phi) is 5.01. The van der Waals surface area contributed by atoms with Gasteiger partial charge in [-0.2, -0.15) is 0 Å². The van der Waals surface area contributed by atoms with E-state index < -0.39 is 0 Å². The number of benzene rings is 1. The zero-order valence-electron chi connectivity index (χ0n) is 13.6. The van der Waals surface area contributed by atoms with Gasteiger partial charge in [-0.05, 0) is 37.1 Å². The Morgan fingerprint density at radius 3 is 2.67 bits per heavy atom. The molecule has 0 aromatic heterocycles. The highest BCUT2D eigenvalue weighted by atomic mass is 16.2. The maximum absolute atomic E-state index is 12.4. The molecule has 1 aliphatic rings. The lowest BCUT2D eigenvalue weighted by molar-refractivity contribution is -0.123. The quantitative estimate of drug-likeness (QED) is 0.861. The average molecular weight is 289 g/mol. The molecule has 0 fully saturated rings. The maximum Gasteiger partial charge on any atom is 0.237 e. The molecule has 1 aromatic carbocycles. The number of hydrogen-bond donors (Lipinski definition) is 2. The Bertz CT molecular complexity index is 497. The molecule has 0 bridgehead atoms. The van der Waals surface area contributed by atoms with Crippen LogP contribution in [0.25, 0.3) is 0 Å². The van der Waals surface area contributed by atoms with Gasteiger partial charge >= 0.3 is 0 Å². The van der Waals surface area contributed by atoms with Gasteiger partial charge in [-0.1, -0.05) is 38.1 Å². The summed E-state index contributed by atoms with van der Waals surface area (Å²) in [6, 6.07) is 8.21. The Morgan fingerprint density at radius 1 is 1.33 bits per heavy atom. The van der Waals surface area contributed by atoms with E-state index in [1.807, 2.05) is 12.1 Å². The Morgan fingerprint density at radius 2 is 2.00 bits per heavy atom. The van der Waals surface area contributed by atoms with Gasteiger partial charge in [-0.3, -0.25) is 4.79 Å². The summed E-state index contributed by atoms with van der Waals surface area (Å²) in [5.74, 6) is 0.108. The van der Waals surface area contributed by atoms with Crippen molar-refractivity contribution in [2.45, 2.75) is 32.9 Å². The summed E-state index contributed by atoms with van der Waals surface area (Å²) in [4.78, 5) is 14.5. The van der Waals surface area contributed by atoms with Crippen LogP contribution in [0.1, 0.15) is 25.0 Å². The largest absolute Gasteiger partial charge is 0.354 e. The number of carbonyl (C=O) groups excluding carboxylic acids is 1. The number of nitrogens with one attached hydrogen (secondary N) is 2. The molecule has 1 aliphatic heterocycles. The van der Waals surface area contributed by atoms with Crippen LogP contribution in [0.3, 0.4) is 0 Å². The zero-order valence-corrected chi connectivity index (χ0v) is 13.6. The standard InChI is InChI=1S/C17H27N3O/c1-17(2,12-20(3)4)11-19-16(21)15-9-13-7-5-6-8-14(13)10-18-15/h5-8,15,18H,9-12H2,1-4H3,(H,19,21). The number of carbonyl (C=O) groups is 1. The number of nitrogens with zero attached hydrogens (tertiary/aromatic N) is 1. The summed E-state index contributed by atoms with van der Waals surface area (Å²) in [6.45, 7) is 6.78. The third-order valence-electron chi connectivity index (χ3n) is 3.88. The number of fused-ring (bicyclic) bond motifs is 1. The van der Waals surface area contributed by atoms with Crippen molar-refractivity contribution in [3.05, 3.63) is 35.4 Å². The molecule has 2 N–H and O–H groups in total. The summed E-state index contributed by atoms with van der Waals surface area (Å²) in [5.41, 5.74) is 2.66. The minimum absolute atomic E-state index is 0.0751. The van der Waals surface area contributed by atoms with Crippen molar-refractivity contribution in [3.8, 4) is 0 Å². The van der Waals surface area contributed by atoms with Gasteiger partial charge in [0, 0.05) is 19.6 Å². The van der Waals surface area contributed by atoms with E-state index in [9.17, 15) is 4.79 Å². The van der Waals surface area contributed by atoms with Crippen LogP contribution in [-0.4, -0.2) is 44.0 Å². The van der Waals surface area contributed by atoms with Gasteiger partial charge in [0.2, 0.25) is 5.91 Å². The molecule has 0 spiro atoms. The van der Waals surface area contributed by atoms with E-state index in [0.717, 1.165) is 19.5 Å². The molecule has 2 rings (SSSR count). The van der Waals surface area contributed by atoms with Crippen LogP contribution >= 0.6 is 0 Å². The predicted octanol–water partition coefficient (Wildman–Crippen LogP) is 1.40. The van der Waals surface area contributed by atoms with E-state index in [1.165, 1.54) is 11.1 Å². The monoisotopic (exact) mass is 289 g/mol. The predicted molar refractivity (Wildman–Crippen MR) is 86.1 cm³/mol. The molecule has 0 radical (unpaired) electrons. The summed E-state index contributed by atoms with van der Waals surface area (Å²) < 4.78 is 0. The third-order valence-corrected chi connectivity index (χ3v) is 3.88. The highest BCUT2D eigenvalue weighted by molar-refractivity contribution is 5.82. The molecule has 1 heterocycles. The molecular weight excluding hydrogens is 262 g/mol. The summed E-state index contributed by atoms with van der Waals surface area (Å²) in [5, 5.41) is 6.43. The van der Waals surface area contributed by atoms with E-state index in [4.69, 9.17) is 0 Å². The number of rotatable bonds is 5. The van der Waals surface area contributed by atoms with Crippen molar-refractivity contribution in [3.63, 3.8) is 0 Å². The van der Waals surface area contributed by atoms with Gasteiger partial charge in [0.25, 0.3) is 0 Å². The molecule has 1 aromatic rings. The van der Waals surface area contributed by atoms with Crippen LogP contribution in [0.2, 0.25) is 0 Å². The lowest BCUT2D eigenvalue weighted by Crippen LogP contribution is -2.50. The lowest BCUT2D eigenvalue weighted by atomic mass is 9.92. The molecule has 4 nitrogen and oxygen atoms in total. The second-order valence-corrected chi connectivity index (χ2v) is 7.03. The molecule has 0 saturated carbocycles. The van der Waals surface area contributed by atoms with Crippen LogP contribution < -0.4 is 10.6 Å². The second-order valence-electron chi connectivity index (χ2n) is 7.03. The molecule has 4 heteroatoms. The van der Waals surface area contributed by atoms with Crippen LogP contribution in [-0.2, 0) is 17.8 Å². The topological polar surface area (TPSA) is 44.4 Å². The molecule has 21 heavy (non-hydrogen) atoms. The smallest absolute Gasteiger partial charge is 0.237 e. The van der Waals surface area contributed by atoms with Crippen LogP contribution in [0.5, 0.6) is 0 Å². The van der Waals surface area contributed by atoms with E-state index in [1.54, 1.807) is 0 Å². The van der Waals surface area contributed by atoms with Crippen LogP contribution in [0.15, 0.2) is 24.3 Å². The highest BCUT2D eigenvalue weighted by Gasteiger charge is 2.26. The van der Waals surface area contributed by atoms with Gasteiger partial charge in [-0.15, -0.1) is 0 Å². The Labute approximate surface area is 127 Å². The molecule has 0 aliphatic carbocycles. The lowest BCUT2D eigenvalue weighted by Gasteiger charge is -2.30.